The van der Waals surface area contributed by atoms with Crippen LogP contribution in [0.1, 0.15) is 62.0 Å². The first kappa shape index (κ1) is 19.7. The summed E-state index contributed by atoms with van der Waals surface area (Å²) in [5.41, 5.74) is 2.44. The molecule has 0 saturated heterocycles. The highest BCUT2D eigenvalue weighted by Gasteiger charge is 2.40. The van der Waals surface area contributed by atoms with Crippen LogP contribution in [0.3, 0.4) is 0 Å². The standard InChI is InChI=1S/C23H29F3N2/c1-27-19-9-11-20(12-10-19)28-22-14-21(22)16-7-5-15(6-8-16)17-3-2-4-18(13-17)23(24,25)26/h3,5-8,13,19-22,27-28H,2,4,9-12,14H2,1H3. The Balaban J connectivity index is 1.34. The summed E-state index contributed by atoms with van der Waals surface area (Å²) in [6, 6.07) is 9.98. The van der Waals surface area contributed by atoms with Gasteiger partial charge in [0.2, 0.25) is 0 Å². The summed E-state index contributed by atoms with van der Waals surface area (Å²) >= 11 is 0. The molecule has 0 heterocycles. The Bertz CT molecular complexity index is 740. The van der Waals surface area contributed by atoms with Crippen LogP contribution in [-0.2, 0) is 0 Å². The molecule has 2 N–H and O–H groups in total. The second kappa shape index (κ2) is 8.03. The van der Waals surface area contributed by atoms with Gasteiger partial charge in [-0.05, 0) is 74.8 Å². The highest BCUT2D eigenvalue weighted by molar-refractivity contribution is 5.76. The molecule has 0 bridgehead atoms. The summed E-state index contributed by atoms with van der Waals surface area (Å²) in [7, 11) is 2.04. The van der Waals surface area contributed by atoms with Gasteiger partial charge in [0.1, 0.15) is 0 Å². The average molecular weight is 390 g/mol. The van der Waals surface area contributed by atoms with E-state index in [4.69, 9.17) is 0 Å². The van der Waals surface area contributed by atoms with E-state index in [0.29, 0.717) is 36.0 Å². The lowest BCUT2D eigenvalue weighted by Gasteiger charge is -2.29. The highest BCUT2D eigenvalue weighted by Crippen LogP contribution is 2.42. The predicted molar refractivity (Wildman–Crippen MR) is 107 cm³/mol. The van der Waals surface area contributed by atoms with Crippen molar-refractivity contribution in [2.75, 3.05) is 7.05 Å². The van der Waals surface area contributed by atoms with Gasteiger partial charge in [-0.1, -0.05) is 30.3 Å². The molecule has 3 aliphatic carbocycles. The van der Waals surface area contributed by atoms with Crippen LogP contribution in [0, 0.1) is 0 Å². The fraction of sp³-hybridized carbons (Fsp3) is 0.565. The molecule has 4 rings (SSSR count). The number of hydrogen-bond donors (Lipinski definition) is 2. The minimum Gasteiger partial charge on any atom is -0.317 e. The van der Waals surface area contributed by atoms with Crippen molar-refractivity contribution in [2.45, 2.75) is 75.2 Å². The third kappa shape index (κ3) is 4.52. The topological polar surface area (TPSA) is 24.1 Å². The molecule has 5 heteroatoms. The van der Waals surface area contributed by atoms with Crippen molar-refractivity contribution >= 4 is 5.57 Å². The quantitative estimate of drug-likeness (QED) is 0.710. The molecule has 2 saturated carbocycles. The van der Waals surface area contributed by atoms with Gasteiger partial charge in [0.25, 0.3) is 0 Å². The monoisotopic (exact) mass is 390 g/mol. The number of hydrogen-bond acceptors (Lipinski definition) is 2. The summed E-state index contributed by atoms with van der Waals surface area (Å²) in [4.78, 5) is 0. The van der Waals surface area contributed by atoms with Gasteiger partial charge in [0, 0.05) is 29.6 Å². The van der Waals surface area contributed by atoms with Crippen molar-refractivity contribution in [3.8, 4) is 0 Å². The van der Waals surface area contributed by atoms with Gasteiger partial charge < -0.3 is 10.6 Å². The zero-order chi connectivity index (χ0) is 19.7. The summed E-state index contributed by atoms with van der Waals surface area (Å²) in [6.45, 7) is 0. The Morgan fingerprint density at radius 2 is 1.64 bits per heavy atom. The Morgan fingerprint density at radius 1 is 0.964 bits per heavy atom. The van der Waals surface area contributed by atoms with E-state index in [0.717, 1.165) is 12.0 Å². The first-order chi connectivity index (χ1) is 13.4. The van der Waals surface area contributed by atoms with E-state index in [1.807, 2.05) is 25.3 Å². The van der Waals surface area contributed by atoms with E-state index >= 15 is 0 Å². The molecule has 1 aromatic rings. The molecular weight excluding hydrogens is 361 g/mol. The second-order valence-corrected chi connectivity index (χ2v) is 8.44. The molecule has 0 radical (unpaired) electrons. The molecule has 152 valence electrons. The SMILES string of the molecule is CNC1CCC(NC2CC2c2ccc(C3=CCCC(C(F)(F)F)=C3)cc2)CC1. The number of rotatable bonds is 5. The fourth-order valence-corrected chi connectivity index (χ4v) is 4.65. The third-order valence-electron chi connectivity index (χ3n) is 6.52. The molecule has 0 aliphatic heterocycles. The number of nitrogens with one attached hydrogen (secondary N) is 2. The van der Waals surface area contributed by atoms with E-state index in [-0.39, 0.29) is 6.42 Å². The summed E-state index contributed by atoms with van der Waals surface area (Å²) in [5.74, 6) is 0.540. The lowest BCUT2D eigenvalue weighted by molar-refractivity contribution is -0.0939. The van der Waals surface area contributed by atoms with Crippen molar-refractivity contribution in [2.24, 2.45) is 0 Å². The second-order valence-electron chi connectivity index (χ2n) is 8.44. The molecule has 0 spiro atoms. The Morgan fingerprint density at radius 3 is 2.29 bits per heavy atom. The molecule has 2 nitrogen and oxygen atoms in total. The van der Waals surface area contributed by atoms with Crippen molar-refractivity contribution in [1.29, 1.82) is 0 Å². The average Bonchev–Trinajstić information content (AvgIpc) is 3.47. The number of halogens is 3. The molecular formula is C23H29F3N2. The van der Waals surface area contributed by atoms with Crippen LogP contribution in [0.4, 0.5) is 13.2 Å². The first-order valence-corrected chi connectivity index (χ1v) is 10.5. The minimum absolute atomic E-state index is 0.0801. The maximum absolute atomic E-state index is 13.0. The fourth-order valence-electron chi connectivity index (χ4n) is 4.65. The number of alkyl halides is 3. The lowest BCUT2D eigenvalue weighted by Crippen LogP contribution is -2.39. The van der Waals surface area contributed by atoms with Gasteiger partial charge in [-0.25, -0.2) is 0 Å². The Labute approximate surface area is 165 Å². The van der Waals surface area contributed by atoms with Gasteiger partial charge >= 0.3 is 6.18 Å². The molecule has 28 heavy (non-hydrogen) atoms. The summed E-state index contributed by atoms with van der Waals surface area (Å²) < 4.78 is 38.9. The summed E-state index contributed by atoms with van der Waals surface area (Å²) in [6.07, 6.45) is 5.63. The van der Waals surface area contributed by atoms with Gasteiger partial charge in [-0.2, -0.15) is 13.2 Å². The normalized spacial score (nSPS) is 30.6. The van der Waals surface area contributed by atoms with E-state index in [9.17, 15) is 13.2 Å². The molecule has 1 aromatic carbocycles. The van der Waals surface area contributed by atoms with Gasteiger partial charge in [0.05, 0.1) is 0 Å². The van der Waals surface area contributed by atoms with Crippen LogP contribution in [-0.4, -0.2) is 31.3 Å². The number of allylic oxidation sites excluding steroid dienone is 4. The number of benzene rings is 1. The van der Waals surface area contributed by atoms with Gasteiger partial charge in [-0.15, -0.1) is 0 Å². The molecule has 2 unspecified atom stereocenters. The lowest BCUT2D eigenvalue weighted by atomic mass is 9.91. The zero-order valence-corrected chi connectivity index (χ0v) is 16.4. The van der Waals surface area contributed by atoms with Crippen molar-refractivity contribution < 1.29 is 13.2 Å². The van der Waals surface area contributed by atoms with Crippen LogP contribution in [0.5, 0.6) is 0 Å². The van der Waals surface area contributed by atoms with Crippen LogP contribution < -0.4 is 10.6 Å². The summed E-state index contributed by atoms with van der Waals surface area (Å²) in [5, 5.41) is 7.19. The van der Waals surface area contributed by atoms with E-state index in [1.54, 1.807) is 0 Å². The maximum Gasteiger partial charge on any atom is 0.412 e. The third-order valence-corrected chi connectivity index (χ3v) is 6.52. The van der Waals surface area contributed by atoms with Gasteiger partial charge in [0.15, 0.2) is 0 Å². The van der Waals surface area contributed by atoms with Crippen LogP contribution in [0.2, 0.25) is 0 Å². The van der Waals surface area contributed by atoms with Crippen molar-refractivity contribution in [1.82, 2.24) is 10.6 Å². The minimum atomic E-state index is -4.22. The van der Waals surface area contributed by atoms with Crippen LogP contribution in [0.15, 0.2) is 42.0 Å². The predicted octanol–water partition coefficient (Wildman–Crippen LogP) is 5.33. The molecule has 0 aromatic heterocycles. The van der Waals surface area contributed by atoms with E-state index in [2.05, 4.69) is 22.8 Å². The van der Waals surface area contributed by atoms with Crippen molar-refractivity contribution in [3.63, 3.8) is 0 Å². The van der Waals surface area contributed by atoms with Crippen LogP contribution in [0.25, 0.3) is 5.57 Å². The van der Waals surface area contributed by atoms with Crippen molar-refractivity contribution in [3.05, 3.63) is 53.1 Å². The smallest absolute Gasteiger partial charge is 0.317 e. The van der Waals surface area contributed by atoms with E-state index < -0.39 is 11.7 Å². The molecule has 0 amide bonds. The molecule has 2 fully saturated rings. The highest BCUT2D eigenvalue weighted by atomic mass is 19.4. The maximum atomic E-state index is 13.0. The largest absolute Gasteiger partial charge is 0.412 e. The van der Waals surface area contributed by atoms with E-state index in [1.165, 1.54) is 37.3 Å². The zero-order valence-electron chi connectivity index (χ0n) is 16.4. The Hall–Kier alpha value is -1.59. The van der Waals surface area contributed by atoms with Gasteiger partial charge in [-0.3, -0.25) is 0 Å². The molecule has 2 atom stereocenters. The van der Waals surface area contributed by atoms with Crippen LogP contribution >= 0.6 is 0 Å². The Kier molecular flexibility index (Phi) is 5.66. The molecule has 3 aliphatic rings. The first-order valence-electron chi connectivity index (χ1n) is 10.5.